The summed E-state index contributed by atoms with van der Waals surface area (Å²) in [6.07, 6.45) is 3.05. The monoisotopic (exact) mass is 333 g/mol. The van der Waals surface area contributed by atoms with E-state index in [-0.39, 0.29) is 5.82 Å². The molecule has 8 heteroatoms. The van der Waals surface area contributed by atoms with Crippen LogP contribution in [0.25, 0.3) is 11.3 Å². The van der Waals surface area contributed by atoms with Crippen molar-refractivity contribution >= 4 is 11.6 Å². The minimum atomic E-state index is -0.699. The molecule has 2 heterocycles. The van der Waals surface area contributed by atoms with E-state index in [1.165, 1.54) is 18.1 Å². The molecule has 0 atom stereocenters. The normalized spacial score (nSPS) is 10.7. The Labute approximate surface area is 136 Å². The highest BCUT2D eigenvalue weighted by Gasteiger charge is 2.12. The van der Waals surface area contributed by atoms with E-state index in [0.29, 0.717) is 28.8 Å². The summed E-state index contributed by atoms with van der Waals surface area (Å²) in [5, 5.41) is 4.59. The molecule has 0 saturated heterocycles. The summed E-state index contributed by atoms with van der Waals surface area (Å²) in [5.41, 5.74) is 2.03. The third kappa shape index (κ3) is 3.45. The van der Waals surface area contributed by atoms with E-state index in [1.54, 1.807) is 18.3 Å². The molecule has 0 radical (unpaired) electrons. The van der Waals surface area contributed by atoms with Gasteiger partial charge in [-0.2, -0.15) is 5.10 Å². The van der Waals surface area contributed by atoms with E-state index in [0.717, 1.165) is 5.56 Å². The smallest absolute Gasteiger partial charge is 0.240 e. The van der Waals surface area contributed by atoms with E-state index in [9.17, 15) is 4.39 Å². The fourth-order valence-electron chi connectivity index (χ4n) is 2.10. The van der Waals surface area contributed by atoms with Crippen molar-refractivity contribution in [2.45, 2.75) is 13.2 Å². The molecule has 0 aliphatic heterocycles. The molecule has 0 unspecified atom stereocenters. The SMILES string of the molecule is COc1ncc(Cn2cnc(CF)n2)nc1-c1cccc(Cl)c1. The summed E-state index contributed by atoms with van der Waals surface area (Å²) < 4.78 is 19.3. The van der Waals surface area contributed by atoms with E-state index in [2.05, 4.69) is 20.1 Å². The molecule has 118 valence electrons. The van der Waals surface area contributed by atoms with Crippen molar-refractivity contribution in [2.75, 3.05) is 7.11 Å². The second-order valence-corrected chi connectivity index (χ2v) is 5.16. The molecule has 0 N–H and O–H groups in total. The molecule has 6 nitrogen and oxygen atoms in total. The van der Waals surface area contributed by atoms with Crippen LogP contribution >= 0.6 is 11.6 Å². The first-order valence-electron chi connectivity index (χ1n) is 6.79. The molecule has 23 heavy (non-hydrogen) atoms. The van der Waals surface area contributed by atoms with Crippen molar-refractivity contribution in [1.82, 2.24) is 24.7 Å². The zero-order valence-electron chi connectivity index (χ0n) is 12.3. The Morgan fingerprint density at radius 3 is 2.87 bits per heavy atom. The van der Waals surface area contributed by atoms with Crippen LogP contribution in [0.1, 0.15) is 11.5 Å². The fraction of sp³-hybridized carbons (Fsp3) is 0.200. The quantitative estimate of drug-likeness (QED) is 0.718. The molecule has 0 fully saturated rings. The lowest BCUT2D eigenvalue weighted by molar-refractivity contribution is 0.397. The number of rotatable bonds is 5. The third-order valence-corrected chi connectivity index (χ3v) is 3.34. The van der Waals surface area contributed by atoms with Gasteiger partial charge in [-0.1, -0.05) is 23.7 Å². The van der Waals surface area contributed by atoms with Gasteiger partial charge in [0.1, 0.15) is 12.0 Å². The molecule has 0 spiro atoms. The number of benzene rings is 1. The Balaban J connectivity index is 1.95. The number of aromatic nitrogens is 5. The van der Waals surface area contributed by atoms with Crippen LogP contribution in [0.3, 0.4) is 0 Å². The Morgan fingerprint density at radius 1 is 1.30 bits per heavy atom. The Bertz CT molecular complexity index is 823. The summed E-state index contributed by atoms with van der Waals surface area (Å²) in [7, 11) is 1.53. The maximum absolute atomic E-state index is 12.5. The highest BCUT2D eigenvalue weighted by Crippen LogP contribution is 2.28. The van der Waals surface area contributed by atoms with Crippen molar-refractivity contribution in [3.8, 4) is 17.1 Å². The number of methoxy groups -OCH3 is 1. The molecular weight excluding hydrogens is 321 g/mol. The van der Waals surface area contributed by atoms with Crippen LogP contribution < -0.4 is 4.74 Å². The van der Waals surface area contributed by atoms with Crippen LogP contribution in [0.2, 0.25) is 5.02 Å². The maximum atomic E-state index is 12.5. The largest absolute Gasteiger partial charge is 0.479 e. The van der Waals surface area contributed by atoms with Gasteiger partial charge in [-0.3, -0.25) is 0 Å². The zero-order chi connectivity index (χ0) is 16.2. The molecule has 0 aliphatic carbocycles. The van der Waals surface area contributed by atoms with Gasteiger partial charge >= 0.3 is 0 Å². The van der Waals surface area contributed by atoms with Crippen molar-refractivity contribution in [1.29, 1.82) is 0 Å². The van der Waals surface area contributed by atoms with Gasteiger partial charge in [0.15, 0.2) is 12.5 Å². The predicted molar refractivity (Wildman–Crippen MR) is 83.0 cm³/mol. The summed E-state index contributed by atoms with van der Waals surface area (Å²) >= 11 is 6.03. The van der Waals surface area contributed by atoms with E-state index < -0.39 is 6.67 Å². The number of hydrogen-bond donors (Lipinski definition) is 0. The van der Waals surface area contributed by atoms with Crippen molar-refractivity contribution in [2.24, 2.45) is 0 Å². The van der Waals surface area contributed by atoms with Gasteiger partial charge in [-0.15, -0.1) is 0 Å². The van der Waals surface area contributed by atoms with Crippen LogP contribution in [0.5, 0.6) is 5.88 Å². The van der Waals surface area contributed by atoms with Crippen LogP contribution in [-0.4, -0.2) is 31.8 Å². The minimum Gasteiger partial charge on any atom is -0.479 e. The average Bonchev–Trinajstić information content (AvgIpc) is 3.02. The molecule has 1 aromatic carbocycles. The lowest BCUT2D eigenvalue weighted by atomic mass is 10.1. The van der Waals surface area contributed by atoms with Crippen molar-refractivity contribution in [3.05, 3.63) is 53.3 Å². The summed E-state index contributed by atoms with van der Waals surface area (Å²) in [6.45, 7) is -0.368. The van der Waals surface area contributed by atoms with Gasteiger partial charge in [0.2, 0.25) is 5.88 Å². The van der Waals surface area contributed by atoms with Crippen LogP contribution in [0.15, 0.2) is 36.8 Å². The van der Waals surface area contributed by atoms with Crippen LogP contribution in [0, 0.1) is 0 Å². The maximum Gasteiger partial charge on any atom is 0.240 e. The molecule has 3 rings (SSSR count). The summed E-state index contributed by atoms with van der Waals surface area (Å²) in [4.78, 5) is 12.7. The Kier molecular flexibility index (Phi) is 4.47. The second kappa shape index (κ2) is 6.70. The van der Waals surface area contributed by atoms with E-state index in [1.807, 2.05) is 12.1 Å². The number of ether oxygens (including phenoxy) is 1. The fourth-order valence-corrected chi connectivity index (χ4v) is 2.29. The highest BCUT2D eigenvalue weighted by molar-refractivity contribution is 6.30. The first-order chi connectivity index (χ1) is 11.2. The number of halogens is 2. The Morgan fingerprint density at radius 2 is 2.17 bits per heavy atom. The van der Waals surface area contributed by atoms with E-state index in [4.69, 9.17) is 16.3 Å². The molecule has 2 aromatic heterocycles. The molecule has 3 aromatic rings. The van der Waals surface area contributed by atoms with Gasteiger partial charge in [0, 0.05) is 10.6 Å². The van der Waals surface area contributed by atoms with Crippen molar-refractivity contribution in [3.63, 3.8) is 0 Å². The first-order valence-corrected chi connectivity index (χ1v) is 7.17. The van der Waals surface area contributed by atoms with Gasteiger partial charge in [-0.05, 0) is 12.1 Å². The summed E-state index contributed by atoms with van der Waals surface area (Å²) in [5.74, 6) is 0.542. The van der Waals surface area contributed by atoms with E-state index >= 15 is 0 Å². The van der Waals surface area contributed by atoms with Gasteiger partial charge < -0.3 is 4.74 Å². The second-order valence-electron chi connectivity index (χ2n) is 4.72. The highest BCUT2D eigenvalue weighted by atomic mass is 35.5. The standard InChI is InChI=1S/C15H13ClFN5O/c1-23-15-14(10-3-2-4-11(16)5-10)20-12(7-18-15)8-22-9-19-13(6-17)21-22/h2-5,7,9H,6,8H2,1H3. The molecule has 0 bridgehead atoms. The first kappa shape index (κ1) is 15.4. The van der Waals surface area contributed by atoms with Crippen LogP contribution in [0.4, 0.5) is 4.39 Å². The minimum absolute atomic E-state index is 0.140. The van der Waals surface area contributed by atoms with Gasteiger partial charge in [0.25, 0.3) is 0 Å². The Hall–Kier alpha value is -2.54. The van der Waals surface area contributed by atoms with Gasteiger partial charge in [-0.25, -0.2) is 24.0 Å². The summed E-state index contributed by atoms with van der Waals surface area (Å²) in [6, 6.07) is 7.27. The lowest BCUT2D eigenvalue weighted by Crippen LogP contribution is -2.05. The predicted octanol–water partition coefficient (Wildman–Crippen LogP) is 2.91. The number of hydrogen-bond acceptors (Lipinski definition) is 5. The average molecular weight is 334 g/mol. The molecule has 0 aliphatic rings. The molecular formula is C15H13ClFN5O. The number of alkyl halides is 1. The number of nitrogens with zero attached hydrogens (tertiary/aromatic N) is 5. The zero-order valence-corrected chi connectivity index (χ0v) is 13.0. The molecule has 0 saturated carbocycles. The van der Waals surface area contributed by atoms with Crippen LogP contribution in [-0.2, 0) is 13.2 Å². The molecule has 0 amide bonds. The third-order valence-electron chi connectivity index (χ3n) is 3.11. The topological polar surface area (TPSA) is 65.7 Å². The lowest BCUT2D eigenvalue weighted by Gasteiger charge is -2.09. The van der Waals surface area contributed by atoms with Crippen molar-refractivity contribution < 1.29 is 9.13 Å². The van der Waals surface area contributed by atoms with Gasteiger partial charge in [0.05, 0.1) is 25.5 Å².